The molecule has 0 bridgehead atoms. The van der Waals surface area contributed by atoms with Crippen LogP contribution in [0.2, 0.25) is 0 Å². The van der Waals surface area contributed by atoms with Gasteiger partial charge in [-0.2, -0.15) is 0 Å². The molecule has 2 aromatic carbocycles. The van der Waals surface area contributed by atoms with Gasteiger partial charge in [-0.25, -0.2) is 22.9 Å². The molecule has 41 heavy (non-hydrogen) atoms. The predicted molar refractivity (Wildman–Crippen MR) is 150 cm³/mol. The second kappa shape index (κ2) is 13.6. The van der Waals surface area contributed by atoms with E-state index in [0.29, 0.717) is 37.7 Å². The molecule has 0 aliphatic carbocycles. The summed E-state index contributed by atoms with van der Waals surface area (Å²) in [5.74, 6) is -5.93. The average Bonchev–Trinajstić information content (AvgIpc) is 3.30. The van der Waals surface area contributed by atoms with Gasteiger partial charge in [-0.15, -0.1) is 0 Å². The lowest BCUT2D eigenvalue weighted by atomic mass is 9.99. The second-order valence-electron chi connectivity index (χ2n) is 10.2. The lowest BCUT2D eigenvalue weighted by Crippen LogP contribution is -2.15. The maximum atomic E-state index is 15.4. The van der Waals surface area contributed by atoms with E-state index in [-0.39, 0.29) is 32.4 Å². The van der Waals surface area contributed by atoms with Gasteiger partial charge in [0.2, 0.25) is 10.8 Å². The normalized spacial score (nSPS) is 11.9. The van der Waals surface area contributed by atoms with Crippen molar-refractivity contribution < 1.29 is 42.1 Å². The zero-order valence-electron chi connectivity index (χ0n) is 23.3. The summed E-state index contributed by atoms with van der Waals surface area (Å²) in [6, 6.07) is 6.42. The molecule has 2 N–H and O–H groups in total. The number of halogens is 3. The van der Waals surface area contributed by atoms with Gasteiger partial charge >= 0.3 is 5.97 Å². The van der Waals surface area contributed by atoms with Gasteiger partial charge < -0.3 is 19.3 Å². The molecule has 3 rings (SSSR count). The molecule has 0 unspecified atom stereocenters. The van der Waals surface area contributed by atoms with E-state index in [9.17, 15) is 18.4 Å². The van der Waals surface area contributed by atoms with Crippen LogP contribution in [0.4, 0.5) is 18.3 Å². The number of aryl methyl sites for hydroxylation is 1. The van der Waals surface area contributed by atoms with Gasteiger partial charge in [-0.3, -0.25) is 10.1 Å². The van der Waals surface area contributed by atoms with E-state index in [1.807, 2.05) is 0 Å². The largest absolute Gasteiger partial charge is 0.490 e. The minimum Gasteiger partial charge on any atom is -0.490 e. The highest BCUT2D eigenvalue weighted by molar-refractivity contribution is 7.18. The molecule has 0 saturated carbocycles. The van der Waals surface area contributed by atoms with Gasteiger partial charge in [0.05, 0.1) is 20.8 Å². The van der Waals surface area contributed by atoms with Gasteiger partial charge in [-0.1, -0.05) is 44.2 Å². The first-order valence-electron chi connectivity index (χ1n) is 12.5. The number of nitrogens with zero attached hydrogens (tertiary/aromatic N) is 1. The highest BCUT2D eigenvalue weighted by Crippen LogP contribution is 2.39. The van der Waals surface area contributed by atoms with Gasteiger partial charge in [0.15, 0.2) is 5.13 Å². The predicted octanol–water partition coefficient (Wildman–Crippen LogP) is 6.56. The SMILES string of the molecule is CO/C(=C\c1c(F)cc(C(=O)Nc2nc(-c3cccc(CCCOCC(C)(C)C)c3F)c(OC)s2)cc1F)C(=O)O. The van der Waals surface area contributed by atoms with Crippen LogP contribution in [0.3, 0.4) is 0 Å². The van der Waals surface area contributed by atoms with Crippen LogP contribution < -0.4 is 10.1 Å². The molecule has 0 spiro atoms. The number of aromatic nitrogens is 1. The third kappa shape index (κ3) is 8.30. The first-order valence-corrected chi connectivity index (χ1v) is 13.4. The lowest BCUT2D eigenvalue weighted by molar-refractivity contribution is -0.135. The van der Waals surface area contributed by atoms with E-state index in [2.05, 4.69) is 35.8 Å². The van der Waals surface area contributed by atoms with Crippen LogP contribution in [-0.2, 0) is 20.7 Å². The Kier molecular flexibility index (Phi) is 10.5. The molecule has 0 fully saturated rings. The van der Waals surface area contributed by atoms with Crippen molar-refractivity contribution in [2.75, 3.05) is 32.8 Å². The van der Waals surface area contributed by atoms with Gasteiger partial charge in [0.1, 0.15) is 23.1 Å². The molecule has 220 valence electrons. The van der Waals surface area contributed by atoms with E-state index in [1.165, 1.54) is 7.11 Å². The first kappa shape index (κ1) is 31.6. The highest BCUT2D eigenvalue weighted by Gasteiger charge is 2.22. The Labute approximate surface area is 239 Å². The number of carboxylic acid groups (broad SMARTS) is 1. The number of methoxy groups -OCH3 is 2. The van der Waals surface area contributed by atoms with Gasteiger partial charge in [0.25, 0.3) is 5.91 Å². The number of carbonyl (C=O) groups is 2. The minimum absolute atomic E-state index is 0.0135. The highest BCUT2D eigenvalue weighted by atomic mass is 32.1. The number of hydrogen-bond acceptors (Lipinski definition) is 7. The third-order valence-corrected chi connectivity index (χ3v) is 6.59. The standard InChI is InChI=1S/C29H31F3N2O6S/c1-29(2,3)15-40-11-7-9-16-8-6-10-18(23(16)32)24-27(39-5)41-28(33-24)34-25(35)17-12-20(30)19(21(31)13-17)14-22(38-4)26(36)37/h6,8,10,12-14H,7,9,11,15H2,1-5H3,(H,36,37)(H,33,34,35)/b22-14-. The maximum absolute atomic E-state index is 15.4. The zero-order valence-corrected chi connectivity index (χ0v) is 24.1. The fraction of sp³-hybridized carbons (Fsp3) is 0.345. The number of carboxylic acids is 1. The van der Waals surface area contributed by atoms with Crippen molar-refractivity contribution in [1.82, 2.24) is 4.98 Å². The van der Waals surface area contributed by atoms with Gasteiger partial charge in [0, 0.05) is 29.4 Å². The summed E-state index contributed by atoms with van der Waals surface area (Å²) in [6.07, 6.45) is 1.74. The number of benzene rings is 2. The summed E-state index contributed by atoms with van der Waals surface area (Å²) in [6.45, 7) is 7.30. The molecule has 1 heterocycles. The monoisotopic (exact) mass is 592 g/mol. The number of thiazole rings is 1. The van der Waals surface area contributed by atoms with Crippen molar-refractivity contribution in [2.24, 2.45) is 5.41 Å². The van der Waals surface area contributed by atoms with E-state index in [0.717, 1.165) is 30.6 Å². The molecule has 0 aliphatic heterocycles. The quantitative estimate of drug-likeness (QED) is 0.139. The summed E-state index contributed by atoms with van der Waals surface area (Å²) in [4.78, 5) is 28.2. The maximum Gasteiger partial charge on any atom is 0.371 e. The Morgan fingerprint density at radius 3 is 2.39 bits per heavy atom. The van der Waals surface area contributed by atoms with Crippen LogP contribution in [0, 0.1) is 22.9 Å². The Balaban J connectivity index is 1.79. The van der Waals surface area contributed by atoms with Crippen molar-refractivity contribution >= 4 is 34.4 Å². The molecule has 12 heteroatoms. The van der Waals surface area contributed by atoms with Crippen LogP contribution in [0.1, 0.15) is 48.7 Å². The Morgan fingerprint density at radius 2 is 1.80 bits per heavy atom. The van der Waals surface area contributed by atoms with E-state index < -0.39 is 40.7 Å². The number of carbonyl (C=O) groups excluding carboxylic acids is 1. The first-order chi connectivity index (χ1) is 19.3. The molecule has 0 radical (unpaired) electrons. The molecule has 8 nitrogen and oxygen atoms in total. The fourth-order valence-corrected chi connectivity index (χ4v) is 4.52. The number of amides is 1. The minimum atomic E-state index is -1.52. The number of anilines is 1. The Morgan fingerprint density at radius 1 is 1.12 bits per heavy atom. The summed E-state index contributed by atoms with van der Waals surface area (Å²) in [7, 11) is 2.42. The summed E-state index contributed by atoms with van der Waals surface area (Å²) in [5, 5.41) is 11.7. The van der Waals surface area contributed by atoms with Crippen molar-refractivity contribution in [3.63, 3.8) is 0 Å². The van der Waals surface area contributed by atoms with Crippen molar-refractivity contribution in [1.29, 1.82) is 0 Å². The summed E-state index contributed by atoms with van der Waals surface area (Å²) in [5.41, 5.74) is -0.220. The Bertz CT molecular complexity index is 1430. The van der Waals surface area contributed by atoms with E-state index >= 15 is 4.39 Å². The zero-order chi connectivity index (χ0) is 30.3. The third-order valence-electron chi connectivity index (χ3n) is 5.65. The number of rotatable bonds is 12. The average molecular weight is 593 g/mol. The summed E-state index contributed by atoms with van der Waals surface area (Å²) < 4.78 is 60.2. The van der Waals surface area contributed by atoms with Crippen molar-refractivity contribution in [3.05, 3.63) is 70.2 Å². The van der Waals surface area contributed by atoms with Crippen LogP contribution >= 0.6 is 11.3 Å². The fourth-order valence-electron chi connectivity index (χ4n) is 3.73. The number of nitrogens with one attached hydrogen (secondary N) is 1. The van der Waals surface area contributed by atoms with Gasteiger partial charge in [-0.05, 0) is 42.0 Å². The van der Waals surface area contributed by atoms with Crippen LogP contribution in [0.25, 0.3) is 17.3 Å². The topological polar surface area (TPSA) is 107 Å². The molecular weight excluding hydrogens is 561 g/mol. The molecule has 1 amide bonds. The second-order valence-corrected chi connectivity index (χ2v) is 11.1. The molecule has 0 aliphatic rings. The molecule has 1 aromatic heterocycles. The number of ether oxygens (including phenoxy) is 3. The van der Waals surface area contributed by atoms with Crippen LogP contribution in [0.15, 0.2) is 36.1 Å². The lowest BCUT2D eigenvalue weighted by Gasteiger charge is -2.18. The van der Waals surface area contributed by atoms with Crippen LogP contribution in [0.5, 0.6) is 5.06 Å². The smallest absolute Gasteiger partial charge is 0.371 e. The molecule has 3 aromatic rings. The Hall–Kier alpha value is -3.90. The van der Waals surface area contributed by atoms with Crippen molar-refractivity contribution in [3.8, 4) is 16.3 Å². The molecule has 0 saturated heterocycles. The molecule has 0 atom stereocenters. The number of hydrogen-bond donors (Lipinski definition) is 2. The summed E-state index contributed by atoms with van der Waals surface area (Å²) >= 11 is 0.914. The number of aliphatic carboxylic acids is 1. The van der Waals surface area contributed by atoms with E-state index in [1.54, 1.807) is 18.2 Å². The molecular formula is C29H31F3N2O6S. The van der Waals surface area contributed by atoms with Crippen LogP contribution in [-0.4, -0.2) is 49.4 Å². The van der Waals surface area contributed by atoms with E-state index in [4.69, 9.17) is 14.6 Å². The van der Waals surface area contributed by atoms with Crippen molar-refractivity contribution in [2.45, 2.75) is 33.6 Å².